The molecular formula is C18H25N5O2. The highest BCUT2D eigenvalue weighted by molar-refractivity contribution is 5.77. The Balaban J connectivity index is 1.62. The molecule has 1 unspecified atom stereocenters. The summed E-state index contributed by atoms with van der Waals surface area (Å²) in [6, 6.07) is 4.21. The van der Waals surface area contributed by atoms with E-state index in [2.05, 4.69) is 41.1 Å². The standard InChI is InChI=1S/C18H25N5O2/c1-5-17-20-18(25-21-17)10-22(4)8-14(24)9-23-11-19-15-6-12(2)13(3)7-16(15)23/h6-7,11,14,24H,5,8-10H2,1-4H3. The fourth-order valence-electron chi connectivity index (χ4n) is 2.90. The van der Waals surface area contributed by atoms with Crippen LogP contribution in [0, 0.1) is 13.8 Å². The Morgan fingerprint density at radius 1 is 1.28 bits per heavy atom. The number of likely N-dealkylation sites (N-methyl/N-ethyl adjacent to an activating group) is 1. The predicted octanol–water partition coefficient (Wildman–Crippen LogP) is 2.09. The molecule has 7 heteroatoms. The molecule has 0 saturated carbocycles. The van der Waals surface area contributed by atoms with E-state index in [4.69, 9.17) is 4.52 Å². The van der Waals surface area contributed by atoms with Crippen molar-refractivity contribution in [3.63, 3.8) is 0 Å². The molecule has 0 saturated heterocycles. The summed E-state index contributed by atoms with van der Waals surface area (Å²) in [4.78, 5) is 10.7. The quantitative estimate of drug-likeness (QED) is 0.707. The number of nitrogens with zero attached hydrogens (tertiary/aromatic N) is 5. The molecule has 7 nitrogen and oxygen atoms in total. The molecule has 1 aromatic carbocycles. The normalized spacial score (nSPS) is 13.0. The van der Waals surface area contributed by atoms with Gasteiger partial charge >= 0.3 is 0 Å². The van der Waals surface area contributed by atoms with E-state index in [1.54, 1.807) is 6.33 Å². The molecule has 3 aromatic rings. The van der Waals surface area contributed by atoms with Crippen molar-refractivity contribution in [2.75, 3.05) is 13.6 Å². The molecule has 3 rings (SSSR count). The van der Waals surface area contributed by atoms with Crippen LogP contribution < -0.4 is 0 Å². The van der Waals surface area contributed by atoms with Crippen LogP contribution in [0.4, 0.5) is 0 Å². The number of hydrogen-bond acceptors (Lipinski definition) is 6. The minimum Gasteiger partial charge on any atom is -0.390 e. The average molecular weight is 343 g/mol. The van der Waals surface area contributed by atoms with Crippen LogP contribution in [0.15, 0.2) is 23.0 Å². The number of aryl methyl sites for hydroxylation is 3. The van der Waals surface area contributed by atoms with E-state index >= 15 is 0 Å². The second-order valence-electron chi connectivity index (χ2n) is 6.63. The molecule has 0 amide bonds. The summed E-state index contributed by atoms with van der Waals surface area (Å²) in [6.07, 6.45) is 2.03. The molecule has 0 fully saturated rings. The van der Waals surface area contributed by atoms with Crippen LogP contribution in [0.2, 0.25) is 0 Å². The van der Waals surface area contributed by atoms with E-state index in [9.17, 15) is 5.11 Å². The fourth-order valence-corrected chi connectivity index (χ4v) is 2.90. The largest absolute Gasteiger partial charge is 0.390 e. The third-order valence-corrected chi connectivity index (χ3v) is 4.40. The zero-order valence-corrected chi connectivity index (χ0v) is 15.2. The minimum absolute atomic E-state index is 0.493. The highest BCUT2D eigenvalue weighted by atomic mass is 16.5. The monoisotopic (exact) mass is 343 g/mol. The maximum atomic E-state index is 10.4. The van der Waals surface area contributed by atoms with Crippen molar-refractivity contribution in [3.05, 3.63) is 41.3 Å². The maximum Gasteiger partial charge on any atom is 0.240 e. The van der Waals surface area contributed by atoms with Gasteiger partial charge in [-0.2, -0.15) is 4.98 Å². The van der Waals surface area contributed by atoms with Crippen LogP contribution in [-0.2, 0) is 19.5 Å². The molecule has 2 heterocycles. The second-order valence-corrected chi connectivity index (χ2v) is 6.63. The van der Waals surface area contributed by atoms with E-state index in [0.29, 0.717) is 31.3 Å². The van der Waals surface area contributed by atoms with Crippen LogP contribution in [-0.4, -0.2) is 49.4 Å². The highest BCUT2D eigenvalue weighted by Gasteiger charge is 2.14. The number of imidazole rings is 1. The molecule has 0 aliphatic rings. The number of fused-ring (bicyclic) bond motifs is 1. The summed E-state index contributed by atoms with van der Waals surface area (Å²) in [5.41, 5.74) is 4.46. The molecule has 0 spiro atoms. The van der Waals surface area contributed by atoms with Gasteiger partial charge in [0.2, 0.25) is 5.89 Å². The summed E-state index contributed by atoms with van der Waals surface area (Å²) in [6.45, 7) is 7.68. The number of aliphatic hydroxyl groups is 1. The summed E-state index contributed by atoms with van der Waals surface area (Å²) < 4.78 is 7.20. The zero-order chi connectivity index (χ0) is 18.0. The number of hydrogen-bond donors (Lipinski definition) is 1. The molecular weight excluding hydrogens is 318 g/mol. The molecule has 134 valence electrons. The van der Waals surface area contributed by atoms with Gasteiger partial charge in [0.1, 0.15) is 0 Å². The molecule has 0 aliphatic carbocycles. The third kappa shape index (κ3) is 4.05. The Morgan fingerprint density at radius 3 is 2.76 bits per heavy atom. The van der Waals surface area contributed by atoms with E-state index in [1.807, 2.05) is 23.4 Å². The molecule has 1 N–H and O–H groups in total. The Labute approximate surface area is 147 Å². The number of rotatable bonds is 7. The molecule has 25 heavy (non-hydrogen) atoms. The first kappa shape index (κ1) is 17.6. The first-order chi connectivity index (χ1) is 12.0. The van der Waals surface area contributed by atoms with Crippen LogP contribution in [0.3, 0.4) is 0 Å². The van der Waals surface area contributed by atoms with Crippen molar-refractivity contribution >= 4 is 11.0 Å². The second kappa shape index (κ2) is 7.33. The maximum absolute atomic E-state index is 10.4. The number of benzene rings is 1. The van der Waals surface area contributed by atoms with E-state index < -0.39 is 6.10 Å². The van der Waals surface area contributed by atoms with Crippen molar-refractivity contribution in [3.8, 4) is 0 Å². The van der Waals surface area contributed by atoms with Gasteiger partial charge in [-0.05, 0) is 44.2 Å². The van der Waals surface area contributed by atoms with Gasteiger partial charge in [-0.25, -0.2) is 4.98 Å². The smallest absolute Gasteiger partial charge is 0.240 e. The highest BCUT2D eigenvalue weighted by Crippen LogP contribution is 2.18. The van der Waals surface area contributed by atoms with Gasteiger partial charge in [-0.3, -0.25) is 4.90 Å². The molecule has 0 aliphatic heterocycles. The van der Waals surface area contributed by atoms with Gasteiger partial charge in [0.05, 0.1) is 36.6 Å². The van der Waals surface area contributed by atoms with Crippen molar-refractivity contribution in [2.45, 2.75) is 46.4 Å². The first-order valence-corrected chi connectivity index (χ1v) is 8.56. The van der Waals surface area contributed by atoms with Crippen LogP contribution in [0.25, 0.3) is 11.0 Å². The van der Waals surface area contributed by atoms with E-state index in [1.165, 1.54) is 11.1 Å². The van der Waals surface area contributed by atoms with Gasteiger partial charge in [0.25, 0.3) is 0 Å². The predicted molar refractivity (Wildman–Crippen MR) is 95.2 cm³/mol. The van der Waals surface area contributed by atoms with Gasteiger partial charge in [0, 0.05) is 13.0 Å². The van der Waals surface area contributed by atoms with Gasteiger partial charge in [-0.1, -0.05) is 12.1 Å². The van der Waals surface area contributed by atoms with E-state index in [0.717, 1.165) is 17.5 Å². The van der Waals surface area contributed by atoms with Gasteiger partial charge in [0.15, 0.2) is 5.82 Å². The molecule has 2 aromatic heterocycles. The lowest BCUT2D eigenvalue weighted by atomic mass is 10.1. The topological polar surface area (TPSA) is 80.2 Å². The van der Waals surface area contributed by atoms with Crippen molar-refractivity contribution in [1.82, 2.24) is 24.6 Å². The van der Waals surface area contributed by atoms with Crippen molar-refractivity contribution in [2.24, 2.45) is 0 Å². The fraction of sp³-hybridized carbons (Fsp3) is 0.500. The first-order valence-electron chi connectivity index (χ1n) is 8.56. The Kier molecular flexibility index (Phi) is 5.15. The van der Waals surface area contributed by atoms with E-state index in [-0.39, 0.29) is 0 Å². The zero-order valence-electron chi connectivity index (χ0n) is 15.2. The summed E-state index contributed by atoms with van der Waals surface area (Å²) in [7, 11) is 1.93. The lowest BCUT2D eigenvalue weighted by molar-refractivity contribution is 0.103. The SMILES string of the molecule is CCc1noc(CN(C)CC(O)Cn2cnc3cc(C)c(C)cc32)n1. The lowest BCUT2D eigenvalue weighted by Crippen LogP contribution is -2.31. The summed E-state index contributed by atoms with van der Waals surface area (Å²) in [5, 5.41) is 14.3. The van der Waals surface area contributed by atoms with Crippen LogP contribution in [0.1, 0.15) is 29.8 Å². The van der Waals surface area contributed by atoms with Gasteiger partial charge in [-0.15, -0.1) is 0 Å². The summed E-state index contributed by atoms with van der Waals surface area (Å²) >= 11 is 0. The Morgan fingerprint density at radius 2 is 2.04 bits per heavy atom. The Bertz CT molecular complexity index is 854. The number of aromatic nitrogens is 4. The van der Waals surface area contributed by atoms with Crippen molar-refractivity contribution in [1.29, 1.82) is 0 Å². The molecule has 0 bridgehead atoms. The minimum atomic E-state index is -0.516. The van der Waals surface area contributed by atoms with Gasteiger partial charge < -0.3 is 14.2 Å². The van der Waals surface area contributed by atoms with Crippen molar-refractivity contribution < 1.29 is 9.63 Å². The lowest BCUT2D eigenvalue weighted by Gasteiger charge is -2.19. The molecule has 1 atom stereocenters. The third-order valence-electron chi connectivity index (χ3n) is 4.40. The Hall–Kier alpha value is -2.25. The average Bonchev–Trinajstić information content (AvgIpc) is 3.15. The summed E-state index contributed by atoms with van der Waals surface area (Å²) in [5.74, 6) is 1.28. The van der Waals surface area contributed by atoms with Crippen LogP contribution in [0.5, 0.6) is 0 Å². The van der Waals surface area contributed by atoms with Crippen LogP contribution >= 0.6 is 0 Å². The molecule has 0 radical (unpaired) electrons. The number of aliphatic hydroxyl groups excluding tert-OH is 1.